The van der Waals surface area contributed by atoms with E-state index in [4.69, 9.17) is 0 Å². The molecule has 14 heavy (non-hydrogen) atoms. The van der Waals surface area contributed by atoms with Gasteiger partial charge in [0.1, 0.15) is 0 Å². The Morgan fingerprint density at radius 3 is 2.50 bits per heavy atom. The summed E-state index contributed by atoms with van der Waals surface area (Å²) >= 11 is 0. The van der Waals surface area contributed by atoms with Crippen molar-refractivity contribution in [3.63, 3.8) is 0 Å². The van der Waals surface area contributed by atoms with E-state index in [9.17, 15) is 4.79 Å². The lowest BCUT2D eigenvalue weighted by Crippen LogP contribution is -2.59. The Labute approximate surface area is 87.0 Å². The molecule has 0 aromatic heterocycles. The molecule has 80 valence electrons. The van der Waals surface area contributed by atoms with Gasteiger partial charge in [-0.3, -0.25) is 4.79 Å². The maximum atomic E-state index is 11.9. The van der Waals surface area contributed by atoms with Crippen LogP contribution in [0.15, 0.2) is 12.7 Å². The summed E-state index contributed by atoms with van der Waals surface area (Å²) in [5.74, 6) is 0.175. The van der Waals surface area contributed by atoms with Crippen molar-refractivity contribution in [3.05, 3.63) is 12.7 Å². The lowest BCUT2D eigenvalue weighted by atomic mass is 9.64. The molecule has 1 heterocycles. The van der Waals surface area contributed by atoms with Crippen LogP contribution >= 0.6 is 0 Å². The third kappa shape index (κ3) is 1.42. The van der Waals surface area contributed by atoms with Crippen LogP contribution in [0.25, 0.3) is 0 Å². The number of likely N-dealkylation sites (tertiary alicyclic amines) is 1. The van der Waals surface area contributed by atoms with E-state index in [0.29, 0.717) is 0 Å². The van der Waals surface area contributed by atoms with E-state index in [0.717, 1.165) is 19.4 Å². The molecular formula is C12H21NO. The summed E-state index contributed by atoms with van der Waals surface area (Å²) in [7, 11) is 2.09. The average molecular weight is 195 g/mol. The number of ketones is 1. The van der Waals surface area contributed by atoms with E-state index in [1.54, 1.807) is 0 Å². The fourth-order valence-electron chi connectivity index (χ4n) is 2.33. The molecule has 2 nitrogen and oxygen atoms in total. The van der Waals surface area contributed by atoms with E-state index in [1.807, 2.05) is 0 Å². The molecule has 1 saturated heterocycles. The lowest BCUT2D eigenvalue weighted by Gasteiger charge is -2.52. The average Bonchev–Trinajstić information content (AvgIpc) is 2.13. The van der Waals surface area contributed by atoms with Crippen molar-refractivity contribution in [2.75, 3.05) is 13.6 Å². The van der Waals surface area contributed by atoms with Crippen LogP contribution in [0.4, 0.5) is 0 Å². The highest BCUT2D eigenvalue weighted by Gasteiger charge is 2.49. The molecule has 1 atom stereocenters. The quantitative estimate of drug-likeness (QED) is 0.630. The van der Waals surface area contributed by atoms with Gasteiger partial charge in [0, 0.05) is 11.0 Å². The molecule has 0 aromatic rings. The van der Waals surface area contributed by atoms with Gasteiger partial charge in [-0.1, -0.05) is 13.5 Å². The van der Waals surface area contributed by atoms with E-state index in [2.05, 4.69) is 39.3 Å². The Morgan fingerprint density at radius 2 is 2.00 bits per heavy atom. The third-order valence-corrected chi connectivity index (χ3v) is 4.20. The van der Waals surface area contributed by atoms with Gasteiger partial charge < -0.3 is 4.90 Å². The van der Waals surface area contributed by atoms with E-state index < -0.39 is 0 Å². The zero-order chi connectivity index (χ0) is 11.0. The predicted molar refractivity (Wildman–Crippen MR) is 59.3 cm³/mol. The Morgan fingerprint density at radius 1 is 1.43 bits per heavy atom. The van der Waals surface area contributed by atoms with Gasteiger partial charge in [0.2, 0.25) is 0 Å². The van der Waals surface area contributed by atoms with Crippen LogP contribution < -0.4 is 0 Å². The first kappa shape index (κ1) is 11.4. The fraction of sp³-hybridized carbons (Fsp3) is 0.750. The fourth-order valence-corrected chi connectivity index (χ4v) is 2.33. The normalized spacial score (nSPS) is 32.6. The van der Waals surface area contributed by atoms with Gasteiger partial charge in [0.05, 0.1) is 0 Å². The van der Waals surface area contributed by atoms with Gasteiger partial charge in [0.15, 0.2) is 5.78 Å². The van der Waals surface area contributed by atoms with Gasteiger partial charge in [-0.15, -0.1) is 0 Å². The first-order chi connectivity index (χ1) is 6.36. The second-order valence-electron chi connectivity index (χ2n) is 4.98. The second-order valence-corrected chi connectivity index (χ2v) is 4.98. The minimum Gasteiger partial charge on any atom is -0.300 e. The minimum absolute atomic E-state index is 0.0729. The van der Waals surface area contributed by atoms with Crippen LogP contribution in [0.2, 0.25) is 0 Å². The number of allylic oxidation sites excluding steroid dienone is 1. The SMILES string of the molecule is C=CC(=O)C1(C)CCCN(C)C1(C)C. The Hall–Kier alpha value is -0.630. The summed E-state index contributed by atoms with van der Waals surface area (Å²) in [5, 5.41) is 0. The second kappa shape index (κ2) is 3.50. The molecule has 0 saturated carbocycles. The van der Waals surface area contributed by atoms with Gasteiger partial charge in [0.25, 0.3) is 0 Å². The Kier molecular flexibility index (Phi) is 2.86. The Bertz CT molecular complexity index is 257. The minimum atomic E-state index is -0.276. The van der Waals surface area contributed by atoms with Crippen molar-refractivity contribution >= 4 is 5.78 Å². The molecule has 1 aliphatic rings. The molecule has 1 fully saturated rings. The monoisotopic (exact) mass is 195 g/mol. The van der Waals surface area contributed by atoms with Crippen molar-refractivity contribution in [2.24, 2.45) is 5.41 Å². The third-order valence-electron chi connectivity index (χ3n) is 4.20. The maximum Gasteiger partial charge on any atom is 0.162 e. The standard InChI is InChI=1S/C12H21NO/c1-6-10(14)12(4)8-7-9-13(5)11(12,2)3/h6H,1,7-9H2,2-5H3. The molecule has 0 spiro atoms. The number of rotatable bonds is 2. The number of carbonyl (C=O) groups is 1. The van der Waals surface area contributed by atoms with Crippen LogP contribution in [0.5, 0.6) is 0 Å². The molecule has 0 amide bonds. The number of hydrogen-bond acceptors (Lipinski definition) is 2. The van der Waals surface area contributed by atoms with Crippen molar-refractivity contribution in [1.82, 2.24) is 4.90 Å². The van der Waals surface area contributed by atoms with Crippen LogP contribution in [0.3, 0.4) is 0 Å². The van der Waals surface area contributed by atoms with Gasteiger partial charge >= 0.3 is 0 Å². The summed E-state index contributed by atoms with van der Waals surface area (Å²) in [5.41, 5.74) is -0.349. The van der Waals surface area contributed by atoms with Crippen LogP contribution in [-0.2, 0) is 4.79 Å². The molecule has 0 aliphatic carbocycles. The highest BCUT2D eigenvalue weighted by atomic mass is 16.1. The smallest absolute Gasteiger partial charge is 0.162 e. The molecule has 1 aliphatic heterocycles. The predicted octanol–water partition coefficient (Wildman–Crippen LogP) is 2.25. The molecular weight excluding hydrogens is 174 g/mol. The zero-order valence-electron chi connectivity index (χ0n) is 9.76. The highest BCUT2D eigenvalue weighted by molar-refractivity contribution is 5.95. The Balaban J connectivity index is 3.06. The van der Waals surface area contributed by atoms with Gasteiger partial charge in [-0.2, -0.15) is 0 Å². The summed E-state index contributed by atoms with van der Waals surface area (Å²) in [6.07, 6.45) is 3.53. The van der Waals surface area contributed by atoms with Gasteiger partial charge in [-0.05, 0) is 46.4 Å². The zero-order valence-corrected chi connectivity index (χ0v) is 9.76. The number of hydrogen-bond donors (Lipinski definition) is 0. The molecule has 1 unspecified atom stereocenters. The topological polar surface area (TPSA) is 20.3 Å². The number of carbonyl (C=O) groups excluding carboxylic acids is 1. The van der Waals surface area contributed by atoms with E-state index in [1.165, 1.54) is 6.08 Å². The van der Waals surface area contributed by atoms with Crippen LogP contribution in [0.1, 0.15) is 33.6 Å². The van der Waals surface area contributed by atoms with E-state index >= 15 is 0 Å². The summed E-state index contributed by atoms with van der Waals surface area (Å²) in [6.45, 7) is 11.0. The summed E-state index contributed by atoms with van der Waals surface area (Å²) in [4.78, 5) is 14.2. The van der Waals surface area contributed by atoms with E-state index in [-0.39, 0.29) is 16.7 Å². The van der Waals surface area contributed by atoms with Crippen LogP contribution in [0, 0.1) is 5.41 Å². The lowest BCUT2D eigenvalue weighted by molar-refractivity contribution is -0.135. The first-order valence-corrected chi connectivity index (χ1v) is 5.24. The van der Waals surface area contributed by atoms with Crippen molar-refractivity contribution in [1.29, 1.82) is 0 Å². The molecule has 0 radical (unpaired) electrons. The number of nitrogens with zero attached hydrogens (tertiary/aromatic N) is 1. The molecule has 0 bridgehead atoms. The molecule has 0 aromatic carbocycles. The molecule has 1 rings (SSSR count). The highest BCUT2D eigenvalue weighted by Crippen LogP contribution is 2.43. The van der Waals surface area contributed by atoms with Gasteiger partial charge in [-0.25, -0.2) is 0 Å². The van der Waals surface area contributed by atoms with Crippen molar-refractivity contribution in [3.8, 4) is 0 Å². The van der Waals surface area contributed by atoms with Crippen molar-refractivity contribution in [2.45, 2.75) is 39.2 Å². The molecule has 2 heteroatoms. The summed E-state index contributed by atoms with van der Waals surface area (Å²) in [6, 6.07) is 0. The van der Waals surface area contributed by atoms with Crippen molar-refractivity contribution < 1.29 is 4.79 Å². The summed E-state index contributed by atoms with van der Waals surface area (Å²) < 4.78 is 0. The van der Waals surface area contributed by atoms with Crippen LogP contribution in [-0.4, -0.2) is 29.8 Å². The maximum absolute atomic E-state index is 11.9. The number of piperidine rings is 1. The molecule has 0 N–H and O–H groups in total. The largest absolute Gasteiger partial charge is 0.300 e. The first-order valence-electron chi connectivity index (χ1n) is 5.24.